The van der Waals surface area contributed by atoms with Crippen molar-refractivity contribution in [3.05, 3.63) is 59.2 Å². The van der Waals surface area contributed by atoms with Crippen LogP contribution in [0.25, 0.3) is 10.9 Å². The Kier molecular flexibility index (Phi) is 4.21. The number of sulfonamides is 1. The molecule has 0 atom stereocenters. The summed E-state index contributed by atoms with van der Waals surface area (Å²) in [7, 11) is -3.38. The molecule has 3 rings (SSSR count). The number of carbonyl (C=O) groups is 1. The van der Waals surface area contributed by atoms with Crippen LogP contribution >= 0.6 is 11.6 Å². The highest BCUT2D eigenvalue weighted by atomic mass is 35.5. The van der Waals surface area contributed by atoms with Gasteiger partial charge in [0.15, 0.2) is 0 Å². The van der Waals surface area contributed by atoms with E-state index in [1.807, 2.05) is 0 Å². The number of aromatic amines is 1. The fraction of sp³-hybridized carbons (Fsp3) is 0.0625. The van der Waals surface area contributed by atoms with Crippen LogP contribution in [0.4, 0.5) is 11.4 Å². The van der Waals surface area contributed by atoms with E-state index in [1.54, 1.807) is 48.5 Å². The standard InChI is InChI=1S/C16H14ClN3O3S/c1-24(22,23)20-13-4-2-3-12(9-13)18-16(21)15-8-10-7-11(17)5-6-14(10)19-15/h2-9,19-20H,1H3,(H,18,21). The number of rotatable bonds is 4. The van der Waals surface area contributed by atoms with Crippen LogP contribution in [0.2, 0.25) is 5.02 Å². The van der Waals surface area contributed by atoms with Gasteiger partial charge in [-0.25, -0.2) is 8.42 Å². The number of carbonyl (C=O) groups excluding carboxylic acids is 1. The first kappa shape index (κ1) is 16.4. The number of H-pyrrole nitrogens is 1. The van der Waals surface area contributed by atoms with Crippen LogP contribution in [0.3, 0.4) is 0 Å². The molecule has 3 N–H and O–H groups in total. The second-order valence-electron chi connectivity index (χ2n) is 5.32. The van der Waals surface area contributed by atoms with Crippen molar-refractivity contribution < 1.29 is 13.2 Å². The highest BCUT2D eigenvalue weighted by molar-refractivity contribution is 7.92. The number of benzene rings is 2. The molecule has 24 heavy (non-hydrogen) atoms. The van der Waals surface area contributed by atoms with Gasteiger partial charge in [0.2, 0.25) is 10.0 Å². The number of fused-ring (bicyclic) bond motifs is 1. The SMILES string of the molecule is CS(=O)(=O)Nc1cccc(NC(=O)c2cc3cc(Cl)ccc3[nH]2)c1. The molecule has 1 aromatic heterocycles. The van der Waals surface area contributed by atoms with E-state index in [-0.39, 0.29) is 5.91 Å². The molecule has 0 spiro atoms. The average Bonchev–Trinajstić information content (AvgIpc) is 2.89. The molecule has 3 aromatic rings. The summed E-state index contributed by atoms with van der Waals surface area (Å²) in [4.78, 5) is 15.4. The van der Waals surface area contributed by atoms with Crippen LogP contribution in [-0.4, -0.2) is 25.6 Å². The van der Waals surface area contributed by atoms with Crippen LogP contribution in [-0.2, 0) is 10.0 Å². The van der Waals surface area contributed by atoms with Gasteiger partial charge in [-0.3, -0.25) is 9.52 Å². The van der Waals surface area contributed by atoms with E-state index < -0.39 is 10.0 Å². The van der Waals surface area contributed by atoms with E-state index in [9.17, 15) is 13.2 Å². The molecule has 0 aliphatic carbocycles. The maximum absolute atomic E-state index is 12.4. The monoisotopic (exact) mass is 363 g/mol. The molecule has 0 saturated heterocycles. The van der Waals surface area contributed by atoms with E-state index in [1.165, 1.54) is 0 Å². The lowest BCUT2D eigenvalue weighted by Gasteiger charge is -2.07. The summed E-state index contributed by atoms with van der Waals surface area (Å²) in [6.07, 6.45) is 1.06. The van der Waals surface area contributed by atoms with Crippen molar-refractivity contribution in [2.45, 2.75) is 0 Å². The van der Waals surface area contributed by atoms with Crippen molar-refractivity contribution in [3.8, 4) is 0 Å². The maximum atomic E-state index is 12.4. The molecule has 0 radical (unpaired) electrons. The fourth-order valence-corrected chi connectivity index (χ4v) is 3.03. The van der Waals surface area contributed by atoms with Crippen LogP contribution < -0.4 is 10.0 Å². The zero-order chi connectivity index (χ0) is 17.3. The molecule has 2 aromatic carbocycles. The summed E-state index contributed by atoms with van der Waals surface area (Å²) in [5, 5.41) is 4.15. The Morgan fingerprint density at radius 2 is 1.83 bits per heavy atom. The van der Waals surface area contributed by atoms with Crippen LogP contribution in [0.15, 0.2) is 48.5 Å². The van der Waals surface area contributed by atoms with Gasteiger partial charge in [0.1, 0.15) is 5.69 Å². The molecule has 0 unspecified atom stereocenters. The minimum Gasteiger partial charge on any atom is -0.351 e. The van der Waals surface area contributed by atoms with Crippen molar-refractivity contribution in [2.24, 2.45) is 0 Å². The lowest BCUT2D eigenvalue weighted by atomic mass is 10.2. The molecule has 0 bridgehead atoms. The van der Waals surface area contributed by atoms with E-state index in [0.717, 1.165) is 17.2 Å². The normalized spacial score (nSPS) is 11.4. The van der Waals surface area contributed by atoms with Crippen molar-refractivity contribution in [1.82, 2.24) is 4.98 Å². The van der Waals surface area contributed by atoms with Gasteiger partial charge < -0.3 is 10.3 Å². The van der Waals surface area contributed by atoms with Gasteiger partial charge in [0.05, 0.1) is 11.9 Å². The van der Waals surface area contributed by atoms with E-state index >= 15 is 0 Å². The Morgan fingerprint density at radius 1 is 1.08 bits per heavy atom. The first-order chi connectivity index (χ1) is 11.3. The van der Waals surface area contributed by atoms with Gasteiger partial charge in [0.25, 0.3) is 5.91 Å². The van der Waals surface area contributed by atoms with Gasteiger partial charge in [-0.2, -0.15) is 0 Å². The van der Waals surface area contributed by atoms with Crippen LogP contribution in [0.1, 0.15) is 10.5 Å². The predicted molar refractivity (Wildman–Crippen MR) is 96.2 cm³/mol. The zero-order valence-electron chi connectivity index (χ0n) is 12.6. The van der Waals surface area contributed by atoms with Crippen molar-refractivity contribution >= 4 is 49.8 Å². The molecular weight excluding hydrogens is 350 g/mol. The highest BCUT2D eigenvalue weighted by Crippen LogP contribution is 2.21. The van der Waals surface area contributed by atoms with E-state index in [2.05, 4.69) is 15.0 Å². The molecule has 0 saturated carbocycles. The Labute approximate surface area is 143 Å². The highest BCUT2D eigenvalue weighted by Gasteiger charge is 2.11. The lowest BCUT2D eigenvalue weighted by Crippen LogP contribution is -2.13. The molecule has 0 fully saturated rings. The Morgan fingerprint density at radius 3 is 2.58 bits per heavy atom. The summed E-state index contributed by atoms with van der Waals surface area (Å²) in [5.74, 6) is -0.334. The van der Waals surface area contributed by atoms with Gasteiger partial charge in [-0.1, -0.05) is 17.7 Å². The summed E-state index contributed by atoms with van der Waals surface area (Å²) in [6.45, 7) is 0. The number of hydrogen-bond donors (Lipinski definition) is 3. The molecule has 6 nitrogen and oxygen atoms in total. The third-order valence-corrected chi connectivity index (χ3v) is 4.09. The molecule has 1 heterocycles. The number of anilines is 2. The fourth-order valence-electron chi connectivity index (χ4n) is 2.30. The van der Waals surface area contributed by atoms with Gasteiger partial charge >= 0.3 is 0 Å². The molecule has 0 aliphatic rings. The number of nitrogens with one attached hydrogen (secondary N) is 3. The summed E-state index contributed by atoms with van der Waals surface area (Å²) in [6, 6.07) is 13.5. The zero-order valence-corrected chi connectivity index (χ0v) is 14.2. The Bertz CT molecular complexity index is 1030. The molecular formula is C16H14ClN3O3S. The third kappa shape index (κ3) is 3.87. The van der Waals surface area contributed by atoms with Gasteiger partial charge in [-0.05, 0) is 42.5 Å². The van der Waals surface area contributed by atoms with E-state index in [4.69, 9.17) is 11.6 Å². The van der Waals surface area contributed by atoms with E-state index in [0.29, 0.717) is 22.1 Å². The molecule has 0 aliphatic heterocycles. The summed E-state index contributed by atoms with van der Waals surface area (Å²) in [5.41, 5.74) is 2.04. The van der Waals surface area contributed by atoms with Crippen molar-refractivity contribution in [1.29, 1.82) is 0 Å². The average molecular weight is 364 g/mol. The quantitative estimate of drug-likeness (QED) is 0.663. The first-order valence-electron chi connectivity index (χ1n) is 6.98. The smallest absolute Gasteiger partial charge is 0.272 e. The molecule has 124 valence electrons. The number of hydrogen-bond acceptors (Lipinski definition) is 3. The largest absolute Gasteiger partial charge is 0.351 e. The Hall–Kier alpha value is -2.51. The minimum absolute atomic E-state index is 0.334. The summed E-state index contributed by atoms with van der Waals surface area (Å²) < 4.78 is 24.9. The number of amides is 1. The van der Waals surface area contributed by atoms with Crippen molar-refractivity contribution in [3.63, 3.8) is 0 Å². The Balaban J connectivity index is 1.82. The molecule has 1 amide bonds. The minimum atomic E-state index is -3.38. The lowest BCUT2D eigenvalue weighted by molar-refractivity contribution is 0.102. The van der Waals surface area contributed by atoms with Gasteiger partial charge in [0, 0.05) is 21.6 Å². The predicted octanol–water partition coefficient (Wildman–Crippen LogP) is 3.45. The second-order valence-corrected chi connectivity index (χ2v) is 7.51. The first-order valence-corrected chi connectivity index (χ1v) is 9.24. The third-order valence-electron chi connectivity index (χ3n) is 3.25. The maximum Gasteiger partial charge on any atom is 0.272 e. The van der Waals surface area contributed by atoms with Gasteiger partial charge in [-0.15, -0.1) is 0 Å². The molecule has 8 heteroatoms. The number of halogens is 1. The van der Waals surface area contributed by atoms with Crippen LogP contribution in [0, 0.1) is 0 Å². The second kappa shape index (κ2) is 6.18. The van der Waals surface area contributed by atoms with Crippen molar-refractivity contribution in [2.75, 3.05) is 16.3 Å². The summed E-state index contributed by atoms with van der Waals surface area (Å²) >= 11 is 5.94. The van der Waals surface area contributed by atoms with Crippen LogP contribution in [0.5, 0.6) is 0 Å². The number of aromatic nitrogens is 1. The topological polar surface area (TPSA) is 91.1 Å².